The second-order valence-corrected chi connectivity index (χ2v) is 13.8. The Morgan fingerprint density at radius 2 is 1.81 bits per heavy atom. The number of ether oxygens (including phenoxy) is 2. The highest BCUT2D eigenvalue weighted by Gasteiger charge is 2.59. The highest BCUT2D eigenvalue weighted by atomic mass is 79.9. The molecule has 1 heterocycles. The highest BCUT2D eigenvalue weighted by Crippen LogP contribution is 2.43. The average Bonchev–Trinajstić information content (AvgIpc) is 2.89. The summed E-state index contributed by atoms with van der Waals surface area (Å²) in [5.74, 6) is -3.32. The largest absolute Gasteiger partial charge is 0.461 e. The van der Waals surface area contributed by atoms with Crippen molar-refractivity contribution >= 4 is 39.7 Å². The molecule has 2 aromatic rings. The van der Waals surface area contributed by atoms with Crippen molar-refractivity contribution in [3.8, 4) is 0 Å². The van der Waals surface area contributed by atoms with Gasteiger partial charge in [0.15, 0.2) is 5.41 Å². The van der Waals surface area contributed by atoms with E-state index < -0.39 is 59.7 Å². The molecule has 1 fully saturated rings. The lowest BCUT2D eigenvalue weighted by Crippen LogP contribution is -2.60. The quantitative estimate of drug-likeness (QED) is 0.188. The fourth-order valence-corrected chi connectivity index (χ4v) is 6.44. The summed E-state index contributed by atoms with van der Waals surface area (Å²) < 4.78 is 27.2. The SMILES string of the molecule is CC(C)[C@@H]1CC[C@@H](C)C[C@H]1OC(=O)C1(CC(=O)OC(C)(C)C)C(=O)N(Cc2ccc(Br)cc2F)C(=O)c2ccccc21. The molecule has 0 bridgehead atoms. The zero-order valence-electron chi connectivity index (χ0n) is 25.0. The summed E-state index contributed by atoms with van der Waals surface area (Å²) in [6.45, 7) is 10.9. The maximum Gasteiger partial charge on any atom is 0.327 e. The van der Waals surface area contributed by atoms with E-state index in [2.05, 4.69) is 36.7 Å². The van der Waals surface area contributed by atoms with E-state index >= 15 is 0 Å². The van der Waals surface area contributed by atoms with Crippen LogP contribution in [-0.2, 0) is 35.8 Å². The van der Waals surface area contributed by atoms with Crippen LogP contribution in [0.3, 0.4) is 0 Å². The standard InChI is InChI=1S/C33H39BrFNO6/c1-19(2)23-14-11-20(3)15-27(23)41-31(40)33(17-28(37)42-32(4,5)6)25-10-8-7-9-24(25)29(38)36(30(33)39)18-21-12-13-22(34)16-26(21)35/h7-10,12-13,16,19-20,23,27H,11,14-15,17-18H2,1-6H3/t20-,23+,27-,33?/m1/s1. The van der Waals surface area contributed by atoms with Crippen molar-refractivity contribution in [2.75, 3.05) is 0 Å². The van der Waals surface area contributed by atoms with Gasteiger partial charge in [-0.3, -0.25) is 24.1 Å². The Kier molecular flexibility index (Phi) is 9.31. The van der Waals surface area contributed by atoms with E-state index in [-0.39, 0.29) is 28.5 Å². The summed E-state index contributed by atoms with van der Waals surface area (Å²) in [7, 11) is 0. The van der Waals surface area contributed by atoms with Gasteiger partial charge in [0.25, 0.3) is 11.8 Å². The van der Waals surface area contributed by atoms with Crippen LogP contribution in [0.5, 0.6) is 0 Å². The van der Waals surface area contributed by atoms with E-state index in [0.29, 0.717) is 16.8 Å². The van der Waals surface area contributed by atoms with Gasteiger partial charge in [-0.1, -0.05) is 67.4 Å². The molecule has 1 unspecified atom stereocenters. The number of esters is 2. The van der Waals surface area contributed by atoms with Crippen LogP contribution in [0.4, 0.5) is 4.39 Å². The van der Waals surface area contributed by atoms with Crippen LogP contribution in [0.25, 0.3) is 0 Å². The van der Waals surface area contributed by atoms with Crippen LogP contribution in [-0.4, -0.2) is 40.4 Å². The number of nitrogens with zero attached hydrogens (tertiary/aromatic N) is 1. The Hall–Kier alpha value is -3.07. The zero-order valence-corrected chi connectivity index (χ0v) is 26.6. The Balaban J connectivity index is 1.85. The number of rotatable bonds is 7. The summed E-state index contributed by atoms with van der Waals surface area (Å²) in [6, 6.07) is 10.5. The molecule has 7 nitrogen and oxygen atoms in total. The van der Waals surface area contributed by atoms with E-state index in [9.17, 15) is 23.6 Å². The van der Waals surface area contributed by atoms with E-state index in [1.807, 2.05) is 0 Å². The van der Waals surface area contributed by atoms with Gasteiger partial charge >= 0.3 is 11.9 Å². The van der Waals surface area contributed by atoms with Crippen molar-refractivity contribution in [2.24, 2.45) is 17.8 Å². The van der Waals surface area contributed by atoms with Crippen molar-refractivity contribution in [3.05, 3.63) is 69.4 Å². The van der Waals surface area contributed by atoms with Gasteiger partial charge in [-0.05, 0) is 75.1 Å². The second-order valence-electron chi connectivity index (χ2n) is 12.9. The van der Waals surface area contributed by atoms with Crippen LogP contribution in [0, 0.1) is 23.6 Å². The van der Waals surface area contributed by atoms with Gasteiger partial charge < -0.3 is 9.47 Å². The lowest BCUT2D eigenvalue weighted by Gasteiger charge is -2.42. The molecule has 0 aromatic heterocycles. The first kappa shape index (κ1) is 31.9. The third-order valence-corrected chi connectivity index (χ3v) is 8.71. The molecule has 0 spiro atoms. The van der Waals surface area contributed by atoms with Crippen LogP contribution >= 0.6 is 15.9 Å². The number of hydrogen-bond acceptors (Lipinski definition) is 6. The maximum absolute atomic E-state index is 14.9. The summed E-state index contributed by atoms with van der Waals surface area (Å²) in [5, 5.41) is 0. The van der Waals surface area contributed by atoms with Gasteiger partial charge in [0.2, 0.25) is 0 Å². The summed E-state index contributed by atoms with van der Waals surface area (Å²) in [5.41, 5.74) is -2.83. The van der Waals surface area contributed by atoms with Crippen molar-refractivity contribution in [1.29, 1.82) is 0 Å². The third-order valence-electron chi connectivity index (χ3n) is 8.21. The van der Waals surface area contributed by atoms with Gasteiger partial charge in [-0.15, -0.1) is 0 Å². The van der Waals surface area contributed by atoms with Gasteiger partial charge in [0, 0.05) is 15.6 Å². The zero-order chi connectivity index (χ0) is 31.0. The molecule has 2 aliphatic rings. The molecule has 2 aromatic carbocycles. The fourth-order valence-electron chi connectivity index (χ4n) is 6.11. The average molecular weight is 645 g/mol. The van der Waals surface area contributed by atoms with Gasteiger partial charge in [0.05, 0.1) is 13.0 Å². The van der Waals surface area contributed by atoms with E-state index in [1.54, 1.807) is 39.0 Å². The molecule has 226 valence electrons. The molecule has 9 heteroatoms. The number of halogens is 2. The minimum absolute atomic E-state index is 0.0762. The predicted molar refractivity (Wildman–Crippen MR) is 159 cm³/mol. The molecule has 1 aliphatic heterocycles. The van der Waals surface area contributed by atoms with Crippen molar-refractivity contribution in [2.45, 2.75) is 90.9 Å². The Morgan fingerprint density at radius 1 is 1.12 bits per heavy atom. The summed E-state index contributed by atoms with van der Waals surface area (Å²) >= 11 is 3.22. The monoisotopic (exact) mass is 643 g/mol. The number of amides is 2. The van der Waals surface area contributed by atoms with Crippen LogP contribution < -0.4 is 0 Å². The Labute approximate surface area is 255 Å². The third kappa shape index (κ3) is 6.46. The number of fused-ring (bicyclic) bond motifs is 1. The van der Waals surface area contributed by atoms with Gasteiger partial charge in [-0.2, -0.15) is 0 Å². The normalized spacial score (nSPS) is 24.4. The first-order valence-corrected chi connectivity index (χ1v) is 15.3. The molecule has 1 saturated carbocycles. The molecule has 2 amide bonds. The number of hydrogen-bond donors (Lipinski definition) is 0. The molecule has 4 atom stereocenters. The summed E-state index contributed by atoms with van der Waals surface area (Å²) in [4.78, 5) is 57.0. The van der Waals surface area contributed by atoms with E-state index in [0.717, 1.165) is 17.7 Å². The molecule has 42 heavy (non-hydrogen) atoms. The lowest BCUT2D eigenvalue weighted by atomic mass is 9.70. The second kappa shape index (κ2) is 12.3. The number of carbonyl (C=O) groups is 4. The number of benzene rings is 2. The first-order valence-electron chi connectivity index (χ1n) is 14.5. The molecule has 0 saturated heterocycles. The molecular weight excluding hydrogens is 605 g/mol. The number of carbonyl (C=O) groups excluding carboxylic acids is 4. The molecule has 1 aliphatic carbocycles. The molecule has 0 N–H and O–H groups in total. The number of imide groups is 1. The molecule has 4 rings (SSSR count). The van der Waals surface area contributed by atoms with Gasteiger partial charge in [-0.25, -0.2) is 4.39 Å². The van der Waals surface area contributed by atoms with Crippen LogP contribution in [0.2, 0.25) is 0 Å². The highest BCUT2D eigenvalue weighted by molar-refractivity contribution is 9.10. The van der Waals surface area contributed by atoms with Crippen molar-refractivity contribution in [1.82, 2.24) is 4.90 Å². The lowest BCUT2D eigenvalue weighted by molar-refractivity contribution is -0.175. The van der Waals surface area contributed by atoms with Crippen molar-refractivity contribution < 1.29 is 33.0 Å². The van der Waals surface area contributed by atoms with Crippen LogP contribution in [0.1, 0.15) is 88.7 Å². The smallest absolute Gasteiger partial charge is 0.327 e. The fraction of sp³-hybridized carbons (Fsp3) is 0.515. The van der Waals surface area contributed by atoms with E-state index in [1.165, 1.54) is 24.3 Å². The predicted octanol–water partition coefficient (Wildman–Crippen LogP) is 6.74. The Bertz CT molecular complexity index is 1380. The topological polar surface area (TPSA) is 90.0 Å². The summed E-state index contributed by atoms with van der Waals surface area (Å²) in [6.07, 6.45) is 1.36. The minimum Gasteiger partial charge on any atom is -0.461 e. The van der Waals surface area contributed by atoms with E-state index in [4.69, 9.17) is 9.47 Å². The first-order chi connectivity index (χ1) is 19.6. The van der Waals surface area contributed by atoms with Gasteiger partial charge in [0.1, 0.15) is 17.5 Å². The Morgan fingerprint density at radius 3 is 2.45 bits per heavy atom. The molecule has 0 radical (unpaired) electrons. The maximum atomic E-state index is 14.9. The van der Waals surface area contributed by atoms with Crippen molar-refractivity contribution in [3.63, 3.8) is 0 Å². The van der Waals surface area contributed by atoms with Crippen LogP contribution in [0.15, 0.2) is 46.9 Å². The minimum atomic E-state index is -2.19. The molecular formula is C33H39BrFNO6.